The van der Waals surface area contributed by atoms with Crippen LogP contribution in [0.2, 0.25) is 0 Å². The minimum absolute atomic E-state index is 0.0223. The van der Waals surface area contributed by atoms with Gasteiger partial charge in [0, 0.05) is 31.2 Å². The molecule has 0 aliphatic heterocycles. The summed E-state index contributed by atoms with van der Waals surface area (Å²) in [4.78, 5) is 12.1. The summed E-state index contributed by atoms with van der Waals surface area (Å²) in [6.45, 7) is 1.91. The van der Waals surface area contributed by atoms with E-state index in [1.54, 1.807) is 7.11 Å². The van der Waals surface area contributed by atoms with Gasteiger partial charge >= 0.3 is 0 Å². The van der Waals surface area contributed by atoms with E-state index in [9.17, 15) is 4.79 Å². The Bertz CT molecular complexity index is 424. The summed E-state index contributed by atoms with van der Waals surface area (Å²) in [5.74, 6) is -0.0223. The quantitative estimate of drug-likeness (QED) is 0.820. The van der Waals surface area contributed by atoms with Gasteiger partial charge < -0.3 is 15.8 Å². The van der Waals surface area contributed by atoms with Crippen molar-refractivity contribution in [2.45, 2.75) is 25.8 Å². The molecule has 104 valence electrons. The highest BCUT2D eigenvalue weighted by Gasteiger charge is 2.37. The molecule has 2 rings (SSSR count). The zero-order valence-electron chi connectivity index (χ0n) is 11.4. The summed E-state index contributed by atoms with van der Waals surface area (Å²) < 4.78 is 5.25. The molecule has 0 radical (unpaired) electrons. The Morgan fingerprint density at radius 2 is 2.05 bits per heavy atom. The zero-order valence-corrected chi connectivity index (χ0v) is 11.4. The van der Waals surface area contributed by atoms with Crippen molar-refractivity contribution < 1.29 is 9.53 Å². The highest BCUT2D eigenvalue weighted by Crippen LogP contribution is 2.40. The molecule has 0 unspecified atom stereocenters. The van der Waals surface area contributed by atoms with Crippen molar-refractivity contribution in [2.24, 2.45) is 11.1 Å². The smallest absolute Gasteiger partial charge is 0.251 e. The molecule has 1 saturated carbocycles. The lowest BCUT2D eigenvalue weighted by Gasteiger charge is -2.41. The van der Waals surface area contributed by atoms with Crippen molar-refractivity contribution in [3.8, 4) is 0 Å². The number of methoxy groups -OCH3 is 1. The van der Waals surface area contributed by atoms with Gasteiger partial charge in [-0.3, -0.25) is 4.79 Å². The van der Waals surface area contributed by atoms with Crippen molar-refractivity contribution in [3.05, 3.63) is 35.4 Å². The monoisotopic (exact) mass is 262 g/mol. The maximum absolute atomic E-state index is 12.1. The summed E-state index contributed by atoms with van der Waals surface area (Å²) in [7, 11) is 1.72. The first-order valence-electron chi connectivity index (χ1n) is 6.75. The molecule has 0 bridgehead atoms. The lowest BCUT2D eigenvalue weighted by atomic mass is 9.69. The van der Waals surface area contributed by atoms with E-state index in [2.05, 4.69) is 5.32 Å². The van der Waals surface area contributed by atoms with Crippen LogP contribution < -0.4 is 11.1 Å². The van der Waals surface area contributed by atoms with E-state index in [1.165, 1.54) is 6.42 Å². The van der Waals surface area contributed by atoms with Crippen LogP contribution in [0.1, 0.15) is 35.2 Å². The SMILES string of the molecule is COCC1(CNC(=O)c2ccc(CN)cc2)CCC1. The molecule has 1 aliphatic rings. The molecule has 0 aromatic heterocycles. The number of nitrogens with two attached hydrogens (primary N) is 1. The Morgan fingerprint density at radius 3 is 2.53 bits per heavy atom. The van der Waals surface area contributed by atoms with Crippen LogP contribution in [-0.4, -0.2) is 26.2 Å². The first kappa shape index (κ1) is 14.0. The molecule has 4 nitrogen and oxygen atoms in total. The van der Waals surface area contributed by atoms with Crippen LogP contribution in [0.25, 0.3) is 0 Å². The van der Waals surface area contributed by atoms with Gasteiger partial charge in [-0.25, -0.2) is 0 Å². The molecule has 0 heterocycles. The van der Waals surface area contributed by atoms with E-state index in [-0.39, 0.29) is 11.3 Å². The van der Waals surface area contributed by atoms with Gasteiger partial charge in [-0.1, -0.05) is 18.6 Å². The van der Waals surface area contributed by atoms with E-state index < -0.39 is 0 Å². The Hall–Kier alpha value is -1.39. The Labute approximate surface area is 114 Å². The number of carbonyl (C=O) groups excluding carboxylic acids is 1. The molecule has 4 heteroatoms. The second-order valence-electron chi connectivity index (χ2n) is 5.37. The van der Waals surface area contributed by atoms with Gasteiger partial charge in [0.2, 0.25) is 0 Å². The molecule has 19 heavy (non-hydrogen) atoms. The van der Waals surface area contributed by atoms with Crippen molar-refractivity contribution in [1.82, 2.24) is 5.32 Å². The van der Waals surface area contributed by atoms with E-state index >= 15 is 0 Å². The summed E-state index contributed by atoms with van der Waals surface area (Å²) in [6.07, 6.45) is 3.49. The van der Waals surface area contributed by atoms with Crippen LogP contribution in [0.4, 0.5) is 0 Å². The maximum atomic E-state index is 12.1. The van der Waals surface area contributed by atoms with Crippen molar-refractivity contribution >= 4 is 5.91 Å². The van der Waals surface area contributed by atoms with Crippen LogP contribution in [-0.2, 0) is 11.3 Å². The predicted octanol–water partition coefficient (Wildman–Crippen LogP) is 1.69. The lowest BCUT2D eigenvalue weighted by molar-refractivity contribution is 0.0180. The first-order chi connectivity index (χ1) is 9.19. The van der Waals surface area contributed by atoms with Crippen LogP contribution >= 0.6 is 0 Å². The number of rotatable bonds is 6. The molecule has 3 N–H and O–H groups in total. The highest BCUT2D eigenvalue weighted by atomic mass is 16.5. The summed E-state index contributed by atoms with van der Waals surface area (Å²) in [6, 6.07) is 7.43. The van der Waals surface area contributed by atoms with Gasteiger partial charge in [-0.15, -0.1) is 0 Å². The minimum atomic E-state index is -0.0223. The van der Waals surface area contributed by atoms with E-state index in [4.69, 9.17) is 10.5 Å². The van der Waals surface area contributed by atoms with Crippen molar-refractivity contribution in [3.63, 3.8) is 0 Å². The lowest BCUT2D eigenvalue weighted by Crippen LogP contribution is -2.45. The molecule has 1 aromatic rings. The van der Waals surface area contributed by atoms with Gasteiger partial charge in [0.05, 0.1) is 6.61 Å². The second kappa shape index (κ2) is 6.17. The van der Waals surface area contributed by atoms with Crippen molar-refractivity contribution in [1.29, 1.82) is 0 Å². The van der Waals surface area contributed by atoms with Crippen LogP contribution in [0, 0.1) is 5.41 Å². The molecular formula is C15H22N2O2. The van der Waals surface area contributed by atoms with E-state index in [0.29, 0.717) is 18.7 Å². The zero-order chi connectivity index (χ0) is 13.7. The third-order valence-electron chi connectivity index (χ3n) is 3.94. The van der Waals surface area contributed by atoms with Crippen LogP contribution in [0.15, 0.2) is 24.3 Å². The first-order valence-corrected chi connectivity index (χ1v) is 6.75. The fourth-order valence-electron chi connectivity index (χ4n) is 2.52. The van der Waals surface area contributed by atoms with Gasteiger partial charge in [-0.05, 0) is 30.5 Å². The maximum Gasteiger partial charge on any atom is 0.251 e. The number of benzene rings is 1. The average Bonchev–Trinajstić information content (AvgIpc) is 2.41. The normalized spacial score (nSPS) is 16.7. The van der Waals surface area contributed by atoms with Crippen LogP contribution in [0.3, 0.4) is 0 Å². The number of carbonyl (C=O) groups is 1. The van der Waals surface area contributed by atoms with E-state index in [0.717, 1.165) is 25.0 Å². The standard InChI is InChI=1S/C15H22N2O2/c1-19-11-15(7-2-8-15)10-17-14(18)13-5-3-12(9-16)4-6-13/h3-6H,2,7-11,16H2,1H3,(H,17,18). The van der Waals surface area contributed by atoms with Crippen LogP contribution in [0.5, 0.6) is 0 Å². The second-order valence-corrected chi connectivity index (χ2v) is 5.37. The molecule has 1 aliphatic carbocycles. The Kier molecular flexibility index (Phi) is 4.56. The van der Waals surface area contributed by atoms with Gasteiger partial charge in [0.1, 0.15) is 0 Å². The third kappa shape index (κ3) is 3.33. The molecular weight excluding hydrogens is 240 g/mol. The molecule has 1 amide bonds. The van der Waals surface area contributed by atoms with Gasteiger partial charge in [-0.2, -0.15) is 0 Å². The number of nitrogens with one attached hydrogen (secondary N) is 1. The molecule has 1 aromatic carbocycles. The molecule has 0 atom stereocenters. The fourth-order valence-corrected chi connectivity index (χ4v) is 2.52. The summed E-state index contributed by atoms with van der Waals surface area (Å²) in [5.41, 5.74) is 7.41. The average molecular weight is 262 g/mol. The largest absolute Gasteiger partial charge is 0.384 e. The molecule has 1 fully saturated rings. The molecule has 0 saturated heterocycles. The van der Waals surface area contributed by atoms with Gasteiger partial charge in [0.25, 0.3) is 5.91 Å². The topological polar surface area (TPSA) is 64.3 Å². The Balaban J connectivity index is 1.89. The Morgan fingerprint density at radius 1 is 1.37 bits per heavy atom. The number of hydrogen-bond donors (Lipinski definition) is 2. The predicted molar refractivity (Wildman–Crippen MR) is 74.8 cm³/mol. The summed E-state index contributed by atoms with van der Waals surface area (Å²) in [5, 5.41) is 3.01. The fraction of sp³-hybridized carbons (Fsp3) is 0.533. The molecule has 0 spiro atoms. The van der Waals surface area contributed by atoms with E-state index in [1.807, 2.05) is 24.3 Å². The third-order valence-corrected chi connectivity index (χ3v) is 3.94. The summed E-state index contributed by atoms with van der Waals surface area (Å²) >= 11 is 0. The highest BCUT2D eigenvalue weighted by molar-refractivity contribution is 5.94. The number of ether oxygens (including phenoxy) is 1. The minimum Gasteiger partial charge on any atom is -0.384 e. The van der Waals surface area contributed by atoms with Crippen molar-refractivity contribution in [2.75, 3.05) is 20.3 Å². The number of hydrogen-bond acceptors (Lipinski definition) is 3. The number of amides is 1. The van der Waals surface area contributed by atoms with Gasteiger partial charge in [0.15, 0.2) is 0 Å².